The molecule has 0 bridgehead atoms. The van der Waals surface area contributed by atoms with Crippen LogP contribution in [0.15, 0.2) is 22.7 Å². The molecule has 0 spiro atoms. The molecule has 1 fully saturated rings. The van der Waals surface area contributed by atoms with E-state index < -0.39 is 0 Å². The number of benzene rings is 1. The SMILES string of the molecule is CC(NCC1(CO)CCCCC1)c1ccc(F)cc1Br. The largest absolute Gasteiger partial charge is 0.396 e. The molecule has 2 nitrogen and oxygen atoms in total. The van der Waals surface area contributed by atoms with Crippen molar-refractivity contribution in [1.82, 2.24) is 5.32 Å². The zero-order valence-electron chi connectivity index (χ0n) is 12.0. The van der Waals surface area contributed by atoms with Crippen LogP contribution in [0.5, 0.6) is 0 Å². The highest BCUT2D eigenvalue weighted by molar-refractivity contribution is 9.10. The maximum atomic E-state index is 13.1. The van der Waals surface area contributed by atoms with Crippen molar-refractivity contribution in [2.45, 2.75) is 45.1 Å². The zero-order valence-corrected chi connectivity index (χ0v) is 13.5. The highest BCUT2D eigenvalue weighted by Gasteiger charge is 2.31. The number of aliphatic hydroxyl groups is 1. The Bertz CT molecular complexity index is 446. The lowest BCUT2D eigenvalue weighted by Crippen LogP contribution is -2.40. The first-order valence-corrected chi connectivity index (χ1v) is 8.15. The Morgan fingerprint density at radius 1 is 1.35 bits per heavy atom. The van der Waals surface area contributed by atoms with Gasteiger partial charge in [0.05, 0.1) is 0 Å². The Kier molecular flexibility index (Phi) is 5.58. The quantitative estimate of drug-likeness (QED) is 0.840. The Balaban J connectivity index is 1.98. The van der Waals surface area contributed by atoms with Crippen molar-refractivity contribution in [3.63, 3.8) is 0 Å². The van der Waals surface area contributed by atoms with Crippen LogP contribution in [0.4, 0.5) is 4.39 Å². The van der Waals surface area contributed by atoms with Crippen molar-refractivity contribution in [3.8, 4) is 0 Å². The van der Waals surface area contributed by atoms with Gasteiger partial charge in [-0.3, -0.25) is 0 Å². The van der Waals surface area contributed by atoms with Crippen LogP contribution in [0, 0.1) is 11.2 Å². The van der Waals surface area contributed by atoms with Gasteiger partial charge in [-0.05, 0) is 37.5 Å². The minimum Gasteiger partial charge on any atom is -0.396 e. The third kappa shape index (κ3) is 3.80. The van der Waals surface area contributed by atoms with E-state index in [1.807, 2.05) is 6.07 Å². The van der Waals surface area contributed by atoms with Crippen LogP contribution in [-0.4, -0.2) is 18.3 Å². The summed E-state index contributed by atoms with van der Waals surface area (Å²) in [6.45, 7) is 3.14. The molecule has 1 unspecified atom stereocenters. The first kappa shape index (κ1) is 15.9. The minimum atomic E-state index is -0.230. The van der Waals surface area contributed by atoms with Crippen LogP contribution in [0.3, 0.4) is 0 Å². The van der Waals surface area contributed by atoms with E-state index in [-0.39, 0.29) is 23.9 Å². The van der Waals surface area contributed by atoms with Gasteiger partial charge in [0.15, 0.2) is 0 Å². The molecule has 20 heavy (non-hydrogen) atoms. The van der Waals surface area contributed by atoms with Crippen molar-refractivity contribution in [3.05, 3.63) is 34.1 Å². The average Bonchev–Trinajstić information content (AvgIpc) is 2.46. The second kappa shape index (κ2) is 7.01. The smallest absolute Gasteiger partial charge is 0.124 e. The van der Waals surface area contributed by atoms with E-state index >= 15 is 0 Å². The van der Waals surface area contributed by atoms with E-state index in [4.69, 9.17) is 0 Å². The molecule has 0 radical (unpaired) electrons. The van der Waals surface area contributed by atoms with E-state index in [1.54, 1.807) is 0 Å². The van der Waals surface area contributed by atoms with Crippen LogP contribution in [0.2, 0.25) is 0 Å². The van der Waals surface area contributed by atoms with Gasteiger partial charge in [-0.15, -0.1) is 0 Å². The maximum absolute atomic E-state index is 13.1. The van der Waals surface area contributed by atoms with Crippen LogP contribution in [0.1, 0.15) is 50.6 Å². The Morgan fingerprint density at radius 2 is 2.05 bits per heavy atom. The fourth-order valence-corrected chi connectivity index (χ4v) is 3.72. The van der Waals surface area contributed by atoms with Gasteiger partial charge in [0, 0.05) is 29.1 Å². The van der Waals surface area contributed by atoms with Crippen molar-refractivity contribution in [1.29, 1.82) is 0 Å². The predicted molar refractivity (Wildman–Crippen MR) is 83.1 cm³/mol. The number of halogens is 2. The highest BCUT2D eigenvalue weighted by atomic mass is 79.9. The molecular weight excluding hydrogens is 321 g/mol. The molecule has 0 heterocycles. The lowest BCUT2D eigenvalue weighted by Gasteiger charge is -2.37. The molecule has 1 saturated carbocycles. The Hall–Kier alpha value is -0.450. The van der Waals surface area contributed by atoms with Crippen molar-refractivity contribution >= 4 is 15.9 Å². The van der Waals surface area contributed by atoms with Gasteiger partial charge in [0.1, 0.15) is 5.82 Å². The minimum absolute atomic E-state index is 0.0268. The lowest BCUT2D eigenvalue weighted by atomic mass is 9.74. The van der Waals surface area contributed by atoms with Gasteiger partial charge in [-0.2, -0.15) is 0 Å². The first-order valence-electron chi connectivity index (χ1n) is 7.35. The second-order valence-electron chi connectivity index (χ2n) is 5.99. The number of hydrogen-bond acceptors (Lipinski definition) is 2. The van der Waals surface area contributed by atoms with Gasteiger partial charge in [-0.1, -0.05) is 41.3 Å². The Labute approximate surface area is 128 Å². The summed E-state index contributed by atoms with van der Waals surface area (Å²) in [5.41, 5.74) is 1.08. The molecule has 1 aliphatic rings. The van der Waals surface area contributed by atoms with Gasteiger partial charge in [0.2, 0.25) is 0 Å². The second-order valence-corrected chi connectivity index (χ2v) is 6.84. The van der Waals surface area contributed by atoms with Gasteiger partial charge in [-0.25, -0.2) is 4.39 Å². The molecule has 2 N–H and O–H groups in total. The van der Waals surface area contributed by atoms with Crippen LogP contribution in [-0.2, 0) is 0 Å². The van der Waals surface area contributed by atoms with E-state index in [9.17, 15) is 9.50 Å². The third-order valence-electron chi connectivity index (χ3n) is 4.46. The molecular formula is C16H23BrFNO. The lowest BCUT2D eigenvalue weighted by molar-refractivity contribution is 0.0788. The molecule has 0 aromatic heterocycles. The van der Waals surface area contributed by atoms with Crippen LogP contribution < -0.4 is 5.32 Å². The molecule has 0 saturated heterocycles. The number of rotatable bonds is 5. The topological polar surface area (TPSA) is 32.3 Å². The fourth-order valence-electron chi connectivity index (χ4n) is 3.02. The van der Waals surface area contributed by atoms with Gasteiger partial charge >= 0.3 is 0 Å². The fraction of sp³-hybridized carbons (Fsp3) is 0.625. The Morgan fingerprint density at radius 3 is 2.65 bits per heavy atom. The van der Waals surface area contributed by atoms with Crippen molar-refractivity contribution < 1.29 is 9.50 Å². The van der Waals surface area contributed by atoms with Crippen molar-refractivity contribution in [2.24, 2.45) is 5.41 Å². The maximum Gasteiger partial charge on any atom is 0.124 e. The zero-order chi connectivity index (χ0) is 14.6. The standard InChI is InChI=1S/C16H23BrFNO/c1-12(14-6-5-13(18)9-15(14)17)19-10-16(11-20)7-3-2-4-8-16/h5-6,9,12,19-20H,2-4,7-8,10-11H2,1H3. The molecule has 1 aromatic carbocycles. The summed E-state index contributed by atoms with van der Waals surface area (Å²) in [7, 11) is 0. The van der Waals surface area contributed by atoms with Gasteiger partial charge in [0.25, 0.3) is 0 Å². The summed E-state index contributed by atoms with van der Waals surface area (Å²) in [5.74, 6) is -0.230. The molecule has 1 aromatic rings. The number of aliphatic hydroxyl groups excluding tert-OH is 1. The average molecular weight is 344 g/mol. The molecule has 0 aliphatic heterocycles. The molecule has 2 rings (SSSR count). The number of hydrogen-bond donors (Lipinski definition) is 2. The monoisotopic (exact) mass is 343 g/mol. The molecule has 0 amide bonds. The summed E-state index contributed by atoms with van der Waals surface area (Å²) in [6.07, 6.45) is 5.87. The summed E-state index contributed by atoms with van der Waals surface area (Å²) in [5, 5.41) is 13.2. The first-order chi connectivity index (χ1) is 9.56. The molecule has 1 aliphatic carbocycles. The van der Waals surface area contributed by atoms with Crippen LogP contribution in [0.25, 0.3) is 0 Å². The predicted octanol–water partition coefficient (Wildman–Crippen LogP) is 4.18. The number of nitrogens with one attached hydrogen (secondary N) is 1. The van der Waals surface area contributed by atoms with E-state index in [2.05, 4.69) is 28.2 Å². The summed E-state index contributed by atoms with van der Waals surface area (Å²) >= 11 is 3.41. The molecule has 4 heteroatoms. The normalized spacial score (nSPS) is 19.8. The van der Waals surface area contributed by atoms with Gasteiger partial charge < -0.3 is 10.4 Å². The highest BCUT2D eigenvalue weighted by Crippen LogP contribution is 2.36. The van der Waals surface area contributed by atoms with Crippen molar-refractivity contribution in [2.75, 3.05) is 13.2 Å². The van der Waals surface area contributed by atoms with E-state index in [0.29, 0.717) is 0 Å². The summed E-state index contributed by atoms with van der Waals surface area (Å²) < 4.78 is 13.9. The van der Waals surface area contributed by atoms with E-state index in [1.165, 1.54) is 31.4 Å². The van der Waals surface area contributed by atoms with Crippen LogP contribution >= 0.6 is 15.9 Å². The summed E-state index contributed by atoms with van der Waals surface area (Å²) in [4.78, 5) is 0. The molecule has 112 valence electrons. The summed E-state index contributed by atoms with van der Waals surface area (Å²) in [6, 6.07) is 4.93. The molecule has 1 atom stereocenters. The van der Waals surface area contributed by atoms with E-state index in [0.717, 1.165) is 29.4 Å². The third-order valence-corrected chi connectivity index (χ3v) is 5.15.